The lowest BCUT2D eigenvalue weighted by Gasteiger charge is -2.06. The second-order valence-electron chi connectivity index (χ2n) is 6.32. The van der Waals surface area contributed by atoms with Gasteiger partial charge in [0.1, 0.15) is 0 Å². The third-order valence-corrected chi connectivity index (χ3v) is 6.72. The van der Waals surface area contributed by atoms with E-state index in [0.29, 0.717) is 16.4 Å². The molecule has 0 bridgehead atoms. The summed E-state index contributed by atoms with van der Waals surface area (Å²) in [6.07, 6.45) is 1.74. The van der Waals surface area contributed by atoms with E-state index in [4.69, 9.17) is 16.3 Å². The van der Waals surface area contributed by atoms with Gasteiger partial charge in [0, 0.05) is 16.6 Å². The summed E-state index contributed by atoms with van der Waals surface area (Å²) >= 11 is 7.37. The van der Waals surface area contributed by atoms with Crippen molar-refractivity contribution < 1.29 is 31.5 Å². The number of hydrogen-bond acceptors (Lipinski definition) is 6. The Kier molecular flexibility index (Phi) is 7.54. The van der Waals surface area contributed by atoms with E-state index in [2.05, 4.69) is 4.99 Å². The first kappa shape index (κ1) is 23.8. The molecule has 0 aliphatic rings. The molecule has 3 rings (SSSR count). The van der Waals surface area contributed by atoms with Gasteiger partial charge in [0.15, 0.2) is 11.4 Å². The second-order valence-corrected chi connectivity index (χ2v) is 9.51. The number of carbonyl (C=O) groups is 2. The molecule has 0 N–H and O–H groups in total. The van der Waals surface area contributed by atoms with Crippen molar-refractivity contribution in [1.29, 1.82) is 0 Å². The standard InChI is InChI=1S/C20H15ClF2N2O5S2/c21-16-4-2-1-3-14(16)11-25-9-10-31-20(25)24-17(26)12-30-18(27)13-5-7-15(8-6-13)32(28,29)19(22)23/h1-10,19H,11-12H2. The highest BCUT2D eigenvalue weighted by Gasteiger charge is 2.26. The molecular weight excluding hydrogens is 486 g/mol. The van der Waals surface area contributed by atoms with Crippen molar-refractivity contribution >= 4 is 44.7 Å². The van der Waals surface area contributed by atoms with Crippen LogP contribution in [0.15, 0.2) is 70.0 Å². The van der Waals surface area contributed by atoms with Crippen molar-refractivity contribution in [3.05, 3.63) is 81.1 Å². The van der Waals surface area contributed by atoms with E-state index in [9.17, 15) is 26.8 Å². The minimum Gasteiger partial charge on any atom is -0.452 e. The van der Waals surface area contributed by atoms with Crippen LogP contribution in [0.5, 0.6) is 0 Å². The Bertz CT molecular complexity index is 1300. The zero-order valence-electron chi connectivity index (χ0n) is 16.2. The predicted molar refractivity (Wildman–Crippen MR) is 113 cm³/mol. The number of nitrogens with zero attached hydrogens (tertiary/aromatic N) is 2. The summed E-state index contributed by atoms with van der Waals surface area (Å²) < 4.78 is 54.5. The summed E-state index contributed by atoms with van der Waals surface area (Å²) in [5, 5.41) is 2.31. The number of hydrogen-bond donors (Lipinski definition) is 0. The van der Waals surface area contributed by atoms with Crippen molar-refractivity contribution in [2.24, 2.45) is 4.99 Å². The molecule has 1 amide bonds. The number of carbonyl (C=O) groups excluding carboxylic acids is 2. The molecule has 3 aromatic rings. The first-order valence-electron chi connectivity index (χ1n) is 8.92. The Labute approximate surface area is 190 Å². The minimum absolute atomic E-state index is 0.101. The van der Waals surface area contributed by atoms with Crippen molar-refractivity contribution in [3.63, 3.8) is 0 Å². The Morgan fingerprint density at radius 1 is 1.12 bits per heavy atom. The molecule has 0 fully saturated rings. The minimum atomic E-state index is -4.77. The van der Waals surface area contributed by atoms with Crippen LogP contribution in [0.3, 0.4) is 0 Å². The molecule has 32 heavy (non-hydrogen) atoms. The van der Waals surface area contributed by atoms with E-state index < -0.39 is 39.0 Å². The molecule has 0 unspecified atom stereocenters. The zero-order chi connectivity index (χ0) is 23.3. The molecule has 2 aromatic carbocycles. The fourth-order valence-electron chi connectivity index (χ4n) is 2.55. The number of rotatable bonds is 7. The molecule has 0 saturated heterocycles. The van der Waals surface area contributed by atoms with Gasteiger partial charge in [0.25, 0.3) is 5.91 Å². The van der Waals surface area contributed by atoms with Crippen LogP contribution in [0.4, 0.5) is 8.78 Å². The summed E-state index contributed by atoms with van der Waals surface area (Å²) in [6.45, 7) is -0.261. The average molecular weight is 501 g/mol. The summed E-state index contributed by atoms with van der Waals surface area (Å²) in [5.74, 6) is -5.22. The highest BCUT2D eigenvalue weighted by molar-refractivity contribution is 7.91. The molecule has 7 nitrogen and oxygen atoms in total. The van der Waals surface area contributed by atoms with Gasteiger partial charge in [-0.1, -0.05) is 29.8 Å². The van der Waals surface area contributed by atoms with Crippen molar-refractivity contribution in [2.75, 3.05) is 6.61 Å². The highest BCUT2D eigenvalue weighted by Crippen LogP contribution is 2.19. The van der Waals surface area contributed by atoms with Gasteiger partial charge in [-0.05, 0) is 35.9 Å². The molecule has 0 saturated carbocycles. The van der Waals surface area contributed by atoms with Gasteiger partial charge >= 0.3 is 11.7 Å². The third-order valence-electron chi connectivity index (χ3n) is 4.16. The smallest absolute Gasteiger partial charge is 0.341 e. The molecule has 12 heteroatoms. The van der Waals surface area contributed by atoms with Crippen LogP contribution in [0.2, 0.25) is 5.02 Å². The van der Waals surface area contributed by atoms with Gasteiger partial charge in [-0.3, -0.25) is 4.79 Å². The lowest BCUT2D eigenvalue weighted by molar-refractivity contribution is -0.121. The molecular formula is C20H15ClF2N2O5S2. The van der Waals surface area contributed by atoms with E-state index in [1.54, 1.807) is 28.3 Å². The summed E-state index contributed by atoms with van der Waals surface area (Å²) in [6, 6.07) is 11.0. The topological polar surface area (TPSA) is 94.8 Å². The lowest BCUT2D eigenvalue weighted by Crippen LogP contribution is -2.20. The summed E-state index contributed by atoms with van der Waals surface area (Å²) in [4.78, 5) is 27.9. The van der Waals surface area contributed by atoms with Crippen LogP contribution in [-0.2, 0) is 25.9 Å². The van der Waals surface area contributed by atoms with E-state index in [-0.39, 0.29) is 5.56 Å². The fourth-order valence-corrected chi connectivity index (χ4v) is 4.21. The quantitative estimate of drug-likeness (QED) is 0.462. The molecule has 0 aliphatic carbocycles. The predicted octanol–water partition coefficient (Wildman–Crippen LogP) is 3.53. The normalized spacial score (nSPS) is 12.2. The summed E-state index contributed by atoms with van der Waals surface area (Å²) in [7, 11) is -4.77. The highest BCUT2D eigenvalue weighted by atomic mass is 35.5. The second kappa shape index (κ2) is 10.2. The lowest BCUT2D eigenvalue weighted by atomic mass is 10.2. The number of aromatic nitrogens is 1. The van der Waals surface area contributed by atoms with E-state index in [0.717, 1.165) is 29.8 Å². The Hall–Kier alpha value is -2.89. The summed E-state index contributed by atoms with van der Waals surface area (Å²) in [5.41, 5.74) is 0.737. The van der Waals surface area contributed by atoms with Crippen LogP contribution in [0.25, 0.3) is 0 Å². The number of benzene rings is 2. The van der Waals surface area contributed by atoms with E-state index in [1.807, 2.05) is 12.1 Å². The third kappa shape index (κ3) is 5.67. The maximum Gasteiger partial charge on any atom is 0.341 e. The molecule has 0 spiro atoms. The van der Waals surface area contributed by atoms with Gasteiger partial charge in [-0.15, -0.1) is 11.3 Å². The van der Waals surface area contributed by atoms with E-state index >= 15 is 0 Å². The van der Waals surface area contributed by atoms with Crippen LogP contribution < -0.4 is 4.80 Å². The van der Waals surface area contributed by atoms with Crippen LogP contribution >= 0.6 is 22.9 Å². The van der Waals surface area contributed by atoms with Crippen molar-refractivity contribution in [3.8, 4) is 0 Å². The number of alkyl halides is 2. The number of sulfone groups is 1. The van der Waals surface area contributed by atoms with E-state index in [1.165, 1.54) is 11.3 Å². The molecule has 0 radical (unpaired) electrons. The van der Waals surface area contributed by atoms with Crippen molar-refractivity contribution in [2.45, 2.75) is 17.2 Å². The number of esters is 1. The first-order chi connectivity index (χ1) is 15.2. The van der Waals surface area contributed by atoms with Crippen molar-refractivity contribution in [1.82, 2.24) is 4.57 Å². The average Bonchev–Trinajstić information content (AvgIpc) is 3.20. The zero-order valence-corrected chi connectivity index (χ0v) is 18.5. The number of halogens is 3. The maximum atomic E-state index is 12.6. The number of thiazole rings is 1. The van der Waals surface area contributed by atoms with Gasteiger partial charge in [0.2, 0.25) is 9.84 Å². The van der Waals surface area contributed by atoms with Crippen LogP contribution in [0, 0.1) is 0 Å². The molecule has 1 heterocycles. The first-order valence-corrected chi connectivity index (χ1v) is 11.7. The number of amides is 1. The van der Waals surface area contributed by atoms with Crippen LogP contribution in [0.1, 0.15) is 15.9 Å². The van der Waals surface area contributed by atoms with Gasteiger partial charge in [0.05, 0.1) is 17.0 Å². The molecule has 168 valence electrons. The Balaban J connectivity index is 1.64. The Morgan fingerprint density at radius 2 is 1.81 bits per heavy atom. The van der Waals surface area contributed by atoms with Crippen LogP contribution in [-0.4, -0.2) is 37.2 Å². The van der Waals surface area contributed by atoms with Gasteiger partial charge in [-0.25, -0.2) is 13.2 Å². The maximum absolute atomic E-state index is 12.6. The Morgan fingerprint density at radius 3 is 2.47 bits per heavy atom. The largest absolute Gasteiger partial charge is 0.452 e. The SMILES string of the molecule is O=C(COC(=O)c1ccc(S(=O)(=O)C(F)F)cc1)N=c1sccn1Cc1ccccc1Cl. The number of ether oxygens (including phenoxy) is 1. The fraction of sp³-hybridized carbons (Fsp3) is 0.150. The molecule has 0 aliphatic heterocycles. The molecule has 1 aromatic heterocycles. The monoisotopic (exact) mass is 500 g/mol. The van der Waals surface area contributed by atoms with Gasteiger partial charge < -0.3 is 9.30 Å². The van der Waals surface area contributed by atoms with Gasteiger partial charge in [-0.2, -0.15) is 13.8 Å². The molecule has 0 atom stereocenters.